The Kier molecular flexibility index (Phi) is 57.7. The minimum absolute atomic E-state index is 0.0682. The number of hydrogen-bond acceptors (Lipinski definition) is 6. The summed E-state index contributed by atoms with van der Waals surface area (Å²) in [5.74, 6) is -0.860. The molecule has 0 bridgehead atoms. The first-order chi connectivity index (χ1) is 34.5. The van der Waals surface area contributed by atoms with E-state index in [1.165, 1.54) is 250 Å². The summed E-state index contributed by atoms with van der Waals surface area (Å²) in [6.07, 6.45) is 70.8. The second-order valence-corrected chi connectivity index (χ2v) is 21.3. The highest BCUT2D eigenvalue weighted by molar-refractivity contribution is 5.71. The Hall–Kier alpha value is -2.11. The summed E-state index contributed by atoms with van der Waals surface area (Å²) in [4.78, 5) is 38.0. The van der Waals surface area contributed by atoms with Gasteiger partial charge in [-0.25, -0.2) is 0 Å². The first kappa shape index (κ1) is 67.9. The molecule has 0 aliphatic carbocycles. The van der Waals surface area contributed by atoms with Crippen molar-refractivity contribution in [3.8, 4) is 0 Å². The normalized spacial score (nSPS) is 12.1. The number of rotatable bonds is 58. The smallest absolute Gasteiger partial charge is 0.306 e. The summed E-state index contributed by atoms with van der Waals surface area (Å²) in [6.45, 7) is 6.63. The van der Waals surface area contributed by atoms with Crippen LogP contribution in [0.25, 0.3) is 0 Å². The van der Waals surface area contributed by atoms with Crippen molar-refractivity contribution in [2.45, 2.75) is 354 Å². The molecule has 1 atom stereocenters. The van der Waals surface area contributed by atoms with E-state index in [0.29, 0.717) is 19.3 Å². The molecule has 0 saturated heterocycles. The van der Waals surface area contributed by atoms with Gasteiger partial charge in [-0.3, -0.25) is 14.4 Å². The molecule has 0 aromatic carbocycles. The van der Waals surface area contributed by atoms with E-state index in [1.54, 1.807) is 0 Å². The minimum Gasteiger partial charge on any atom is -0.462 e. The number of hydrogen-bond donors (Lipinski definition) is 0. The first-order valence-electron chi connectivity index (χ1n) is 31.3. The van der Waals surface area contributed by atoms with Crippen LogP contribution >= 0.6 is 0 Å². The van der Waals surface area contributed by atoms with Crippen LogP contribution in [0.4, 0.5) is 0 Å². The second-order valence-electron chi connectivity index (χ2n) is 21.3. The highest BCUT2D eigenvalue weighted by Crippen LogP contribution is 2.17. The Morgan fingerprint density at radius 1 is 0.271 bits per heavy atom. The average molecular weight is 986 g/mol. The van der Waals surface area contributed by atoms with Crippen molar-refractivity contribution in [1.82, 2.24) is 0 Å². The average Bonchev–Trinajstić information content (AvgIpc) is 3.36. The predicted molar refractivity (Wildman–Crippen MR) is 303 cm³/mol. The Bertz CT molecular complexity index is 1130. The van der Waals surface area contributed by atoms with Crippen molar-refractivity contribution < 1.29 is 28.6 Å². The molecular formula is C64H120O6. The fourth-order valence-corrected chi connectivity index (χ4v) is 9.44. The van der Waals surface area contributed by atoms with Gasteiger partial charge >= 0.3 is 17.9 Å². The molecule has 0 aromatic heterocycles. The molecule has 70 heavy (non-hydrogen) atoms. The van der Waals surface area contributed by atoms with Gasteiger partial charge in [0.05, 0.1) is 0 Å². The molecule has 6 nitrogen and oxygen atoms in total. The fourth-order valence-electron chi connectivity index (χ4n) is 9.44. The number of carbonyl (C=O) groups is 3. The predicted octanol–water partition coefficient (Wildman–Crippen LogP) is 21.1. The molecule has 0 N–H and O–H groups in total. The molecule has 1 unspecified atom stereocenters. The van der Waals surface area contributed by atoms with Gasteiger partial charge in [0.2, 0.25) is 0 Å². The summed E-state index contributed by atoms with van der Waals surface area (Å²) in [7, 11) is 0. The third-order valence-electron chi connectivity index (χ3n) is 14.2. The van der Waals surface area contributed by atoms with E-state index in [-0.39, 0.29) is 31.1 Å². The van der Waals surface area contributed by atoms with Crippen molar-refractivity contribution in [1.29, 1.82) is 0 Å². The van der Waals surface area contributed by atoms with Gasteiger partial charge < -0.3 is 14.2 Å². The zero-order chi connectivity index (χ0) is 50.7. The topological polar surface area (TPSA) is 78.9 Å². The molecule has 0 saturated carbocycles. The van der Waals surface area contributed by atoms with Crippen molar-refractivity contribution in [3.63, 3.8) is 0 Å². The fraction of sp³-hybridized carbons (Fsp3) is 0.891. The lowest BCUT2D eigenvalue weighted by atomic mass is 10.0. The monoisotopic (exact) mass is 985 g/mol. The van der Waals surface area contributed by atoms with Gasteiger partial charge in [0.15, 0.2) is 6.10 Å². The largest absolute Gasteiger partial charge is 0.462 e. The number of carbonyl (C=O) groups excluding carboxylic acids is 3. The summed E-state index contributed by atoms with van der Waals surface area (Å²) in [6, 6.07) is 0. The van der Waals surface area contributed by atoms with E-state index in [4.69, 9.17) is 14.2 Å². The molecule has 0 aromatic rings. The van der Waals surface area contributed by atoms with Crippen LogP contribution in [0.15, 0.2) is 24.3 Å². The van der Waals surface area contributed by atoms with E-state index >= 15 is 0 Å². The summed E-state index contributed by atoms with van der Waals surface area (Å²) >= 11 is 0. The van der Waals surface area contributed by atoms with Crippen LogP contribution < -0.4 is 0 Å². The van der Waals surface area contributed by atoms with Gasteiger partial charge in [-0.15, -0.1) is 0 Å². The summed E-state index contributed by atoms with van der Waals surface area (Å²) < 4.78 is 16.8. The summed E-state index contributed by atoms with van der Waals surface area (Å²) in [5, 5.41) is 0. The van der Waals surface area contributed by atoms with Gasteiger partial charge in [0.1, 0.15) is 13.2 Å². The van der Waals surface area contributed by atoms with Crippen LogP contribution in [0.3, 0.4) is 0 Å². The summed E-state index contributed by atoms with van der Waals surface area (Å²) in [5.41, 5.74) is 0. The van der Waals surface area contributed by atoms with Gasteiger partial charge in [-0.2, -0.15) is 0 Å². The highest BCUT2D eigenvalue weighted by Gasteiger charge is 2.19. The zero-order valence-electron chi connectivity index (χ0n) is 47.3. The number of esters is 3. The maximum Gasteiger partial charge on any atom is 0.306 e. The third-order valence-corrected chi connectivity index (χ3v) is 14.2. The van der Waals surface area contributed by atoms with Crippen molar-refractivity contribution in [2.24, 2.45) is 0 Å². The molecule has 0 fully saturated rings. The van der Waals surface area contributed by atoms with E-state index in [1.807, 2.05) is 0 Å². The molecule has 0 heterocycles. The Morgan fingerprint density at radius 2 is 0.471 bits per heavy atom. The van der Waals surface area contributed by atoms with Crippen molar-refractivity contribution in [3.05, 3.63) is 24.3 Å². The molecular weight excluding hydrogens is 865 g/mol. The SMILES string of the molecule is CCCCCCCCCC/C=C\CCCCCCCCCCCCCCCC(=O)OCC(COC(=O)CCCCCCCC)OC(=O)CCCCCCCCCCC/C=C\CCCCCCCCCC. The van der Waals surface area contributed by atoms with Crippen LogP contribution in [0.5, 0.6) is 0 Å². The zero-order valence-corrected chi connectivity index (χ0v) is 47.3. The van der Waals surface area contributed by atoms with Crippen molar-refractivity contribution >= 4 is 17.9 Å². The minimum atomic E-state index is -0.767. The van der Waals surface area contributed by atoms with Gasteiger partial charge in [-0.05, 0) is 70.6 Å². The maximum absolute atomic E-state index is 12.8. The first-order valence-corrected chi connectivity index (χ1v) is 31.3. The Labute approximate surface area is 436 Å². The van der Waals surface area contributed by atoms with E-state index in [9.17, 15) is 14.4 Å². The molecule has 0 aliphatic rings. The quantitative estimate of drug-likeness (QED) is 0.0261. The van der Waals surface area contributed by atoms with Crippen LogP contribution in [0.1, 0.15) is 348 Å². The molecule has 0 rings (SSSR count). The van der Waals surface area contributed by atoms with Gasteiger partial charge in [0.25, 0.3) is 0 Å². The molecule has 0 spiro atoms. The van der Waals surface area contributed by atoms with Gasteiger partial charge in [0, 0.05) is 19.3 Å². The molecule has 412 valence electrons. The maximum atomic E-state index is 12.8. The molecule has 0 amide bonds. The molecule has 0 radical (unpaired) electrons. The number of ether oxygens (including phenoxy) is 3. The lowest BCUT2D eigenvalue weighted by Gasteiger charge is -2.18. The van der Waals surface area contributed by atoms with E-state index < -0.39 is 6.10 Å². The Balaban J connectivity index is 4.05. The molecule has 0 aliphatic heterocycles. The second kappa shape index (κ2) is 59.5. The van der Waals surface area contributed by atoms with Crippen molar-refractivity contribution in [2.75, 3.05) is 13.2 Å². The lowest BCUT2D eigenvalue weighted by Crippen LogP contribution is -2.30. The number of unbranched alkanes of at least 4 members (excludes halogenated alkanes) is 43. The van der Waals surface area contributed by atoms with E-state index in [0.717, 1.165) is 57.8 Å². The Morgan fingerprint density at radius 3 is 0.714 bits per heavy atom. The van der Waals surface area contributed by atoms with Crippen LogP contribution in [0, 0.1) is 0 Å². The standard InChI is InChI=1S/C64H120O6/c1-4-7-10-13-16-18-20-22-24-26-28-30-31-32-33-35-36-38-40-42-44-46-48-51-54-57-63(66)69-60-61(59-68-62(65)56-53-50-15-12-9-6-3)70-64(67)58-55-52-49-47-45-43-41-39-37-34-29-27-25-23-21-19-17-14-11-8-5-2/h26-29,61H,4-25,30-60H2,1-3H3/b28-26-,29-27-. The van der Waals surface area contributed by atoms with Crippen LogP contribution in [-0.4, -0.2) is 37.2 Å². The van der Waals surface area contributed by atoms with Crippen LogP contribution in [0.2, 0.25) is 0 Å². The van der Waals surface area contributed by atoms with Gasteiger partial charge in [-0.1, -0.05) is 283 Å². The molecule has 6 heteroatoms. The van der Waals surface area contributed by atoms with E-state index in [2.05, 4.69) is 45.1 Å². The third kappa shape index (κ3) is 56.8. The highest BCUT2D eigenvalue weighted by atomic mass is 16.6. The van der Waals surface area contributed by atoms with Crippen LogP contribution in [-0.2, 0) is 28.6 Å². The lowest BCUT2D eigenvalue weighted by molar-refractivity contribution is -0.167. The number of allylic oxidation sites excluding steroid dienone is 4.